The van der Waals surface area contributed by atoms with Crippen molar-refractivity contribution in [2.45, 2.75) is 40.2 Å². The molecule has 2 amide bonds. The number of ether oxygens (including phenoxy) is 3. The molecule has 168 valence electrons. The average Bonchev–Trinajstić information content (AvgIpc) is 2.64. The molecule has 1 rings (SSSR count). The normalized spacial score (nSPS) is 11.6. The molecular weight excluding hydrogens is 394 g/mol. The van der Waals surface area contributed by atoms with Crippen LogP contribution in [0.2, 0.25) is 0 Å². The Hall–Kier alpha value is -2.88. The fourth-order valence-electron chi connectivity index (χ4n) is 2.36. The van der Waals surface area contributed by atoms with Crippen LogP contribution in [0.4, 0.5) is 5.69 Å². The highest BCUT2D eigenvalue weighted by Gasteiger charge is 2.33. The van der Waals surface area contributed by atoms with Gasteiger partial charge >= 0.3 is 0 Å². The molecule has 0 spiro atoms. The van der Waals surface area contributed by atoms with Gasteiger partial charge in [0, 0.05) is 19.7 Å². The Kier molecular flexibility index (Phi) is 8.59. The summed E-state index contributed by atoms with van der Waals surface area (Å²) < 4.78 is 15.5. The molecule has 0 aliphatic carbocycles. The highest BCUT2D eigenvalue weighted by molar-refractivity contribution is 6.02. The van der Waals surface area contributed by atoms with Crippen LogP contribution >= 0.6 is 0 Å². The molecule has 1 aromatic rings. The third-order valence-corrected chi connectivity index (χ3v) is 4.04. The summed E-state index contributed by atoms with van der Waals surface area (Å²) in [5.74, 6) is -0.920. The van der Waals surface area contributed by atoms with Crippen molar-refractivity contribution in [1.29, 1.82) is 0 Å². The van der Waals surface area contributed by atoms with Crippen molar-refractivity contribution >= 4 is 17.5 Å². The van der Waals surface area contributed by atoms with E-state index in [9.17, 15) is 19.7 Å². The van der Waals surface area contributed by atoms with Gasteiger partial charge in [-0.25, -0.2) is 0 Å². The average molecular weight is 425 g/mol. The molecule has 0 radical (unpaired) electrons. The summed E-state index contributed by atoms with van der Waals surface area (Å²) in [5.41, 5.74) is -2.14. The van der Waals surface area contributed by atoms with Crippen molar-refractivity contribution < 1.29 is 28.7 Å². The maximum Gasteiger partial charge on any atom is 0.286 e. The molecule has 0 saturated heterocycles. The fourth-order valence-corrected chi connectivity index (χ4v) is 2.36. The third-order valence-electron chi connectivity index (χ3n) is 4.04. The number of benzene rings is 1. The second-order valence-electron chi connectivity index (χ2n) is 8.44. The minimum absolute atomic E-state index is 0.111. The van der Waals surface area contributed by atoms with Gasteiger partial charge in [0.1, 0.15) is 17.7 Å². The molecule has 1 aromatic carbocycles. The van der Waals surface area contributed by atoms with Crippen molar-refractivity contribution in [2.75, 3.05) is 34.0 Å². The molecule has 10 heteroatoms. The number of amides is 2. The summed E-state index contributed by atoms with van der Waals surface area (Å²) in [5, 5.41) is 16.9. The number of nitrogens with zero attached hydrogens (tertiary/aromatic N) is 1. The lowest BCUT2D eigenvalue weighted by atomic mass is 9.95. The number of nitrogens with one attached hydrogen (secondary N) is 2. The van der Waals surface area contributed by atoms with Gasteiger partial charge in [-0.3, -0.25) is 19.7 Å². The molecule has 0 atom stereocenters. The van der Waals surface area contributed by atoms with E-state index in [4.69, 9.17) is 14.2 Å². The smallest absolute Gasteiger partial charge is 0.286 e. The van der Waals surface area contributed by atoms with Crippen LogP contribution in [0.25, 0.3) is 0 Å². The van der Waals surface area contributed by atoms with Gasteiger partial charge in [-0.1, -0.05) is 20.8 Å². The van der Waals surface area contributed by atoms with Crippen molar-refractivity contribution in [3.05, 3.63) is 27.8 Å². The van der Waals surface area contributed by atoms with Crippen LogP contribution in [0.3, 0.4) is 0 Å². The zero-order chi connectivity index (χ0) is 23.1. The lowest BCUT2D eigenvalue weighted by Crippen LogP contribution is -2.55. The van der Waals surface area contributed by atoms with E-state index in [2.05, 4.69) is 10.6 Å². The van der Waals surface area contributed by atoms with Crippen LogP contribution in [0.15, 0.2) is 12.1 Å². The lowest BCUT2D eigenvalue weighted by molar-refractivity contribution is -0.385. The van der Waals surface area contributed by atoms with E-state index in [1.807, 2.05) is 20.8 Å². The van der Waals surface area contributed by atoms with Crippen LogP contribution in [0, 0.1) is 15.5 Å². The number of methoxy groups -OCH3 is 2. The van der Waals surface area contributed by atoms with Crippen molar-refractivity contribution in [1.82, 2.24) is 10.6 Å². The van der Waals surface area contributed by atoms with Crippen molar-refractivity contribution in [3.8, 4) is 11.5 Å². The molecular formula is C20H31N3O7. The Labute approximate surface area is 176 Å². The first-order valence-electron chi connectivity index (χ1n) is 9.41. The van der Waals surface area contributed by atoms with Gasteiger partial charge in [-0.15, -0.1) is 0 Å². The molecule has 10 nitrogen and oxygen atoms in total. The Morgan fingerprint density at radius 2 is 1.70 bits per heavy atom. The van der Waals surface area contributed by atoms with Crippen molar-refractivity contribution in [2.24, 2.45) is 5.41 Å². The first-order valence-corrected chi connectivity index (χ1v) is 9.41. The van der Waals surface area contributed by atoms with Gasteiger partial charge in [0.05, 0.1) is 24.7 Å². The number of nitro benzene ring substituents is 1. The van der Waals surface area contributed by atoms with Crippen molar-refractivity contribution in [3.63, 3.8) is 0 Å². The van der Waals surface area contributed by atoms with Crippen LogP contribution in [-0.4, -0.2) is 56.3 Å². The number of carbonyl (C=O) groups is 2. The lowest BCUT2D eigenvalue weighted by Gasteiger charge is -2.27. The van der Waals surface area contributed by atoms with Crippen LogP contribution < -0.4 is 20.1 Å². The first kappa shape index (κ1) is 25.2. The second-order valence-corrected chi connectivity index (χ2v) is 8.44. The fraction of sp³-hybridized carbons (Fsp3) is 0.600. The predicted molar refractivity (Wildman–Crippen MR) is 111 cm³/mol. The third kappa shape index (κ3) is 7.18. The summed E-state index contributed by atoms with van der Waals surface area (Å²) in [4.78, 5) is 36.2. The van der Waals surface area contributed by atoms with Crippen LogP contribution in [0.5, 0.6) is 11.5 Å². The van der Waals surface area contributed by atoms with E-state index in [-0.39, 0.29) is 35.7 Å². The van der Waals surface area contributed by atoms with Gasteiger partial charge in [0.15, 0.2) is 11.5 Å². The SMILES string of the molecule is COCCOc1cc([N+](=O)[O-])c(C(=O)NC(C)(C)C(=O)NCC(C)(C)C)cc1OC. The minimum Gasteiger partial charge on any atom is -0.493 e. The number of nitro groups is 1. The molecule has 0 unspecified atom stereocenters. The standard InChI is InChI=1S/C20H31N3O7/c1-19(2,3)12-21-18(25)20(4,5)22-17(24)13-10-15(29-7)16(30-9-8-28-6)11-14(13)23(26)27/h10-11H,8-9,12H2,1-7H3,(H,21,25)(H,22,24). The summed E-state index contributed by atoms with van der Waals surface area (Å²) >= 11 is 0. The number of rotatable bonds is 10. The number of carbonyl (C=O) groups excluding carboxylic acids is 2. The number of hydrogen-bond acceptors (Lipinski definition) is 7. The predicted octanol–water partition coefficient (Wildman–Crippen LogP) is 2.30. The van der Waals surface area contributed by atoms with Gasteiger partial charge < -0.3 is 24.8 Å². The molecule has 0 aromatic heterocycles. The molecule has 0 saturated carbocycles. The van der Waals surface area contributed by atoms with Gasteiger partial charge in [0.2, 0.25) is 5.91 Å². The minimum atomic E-state index is -1.29. The summed E-state index contributed by atoms with van der Waals surface area (Å²) in [6.45, 7) is 9.77. The maximum absolute atomic E-state index is 12.8. The monoisotopic (exact) mass is 425 g/mol. The molecule has 0 fully saturated rings. The van der Waals surface area contributed by atoms with E-state index in [0.717, 1.165) is 6.07 Å². The van der Waals surface area contributed by atoms with Gasteiger partial charge in [0.25, 0.3) is 11.6 Å². The topological polar surface area (TPSA) is 129 Å². The zero-order valence-corrected chi connectivity index (χ0v) is 18.6. The van der Waals surface area contributed by atoms with E-state index >= 15 is 0 Å². The van der Waals surface area contributed by atoms with Crippen LogP contribution in [-0.2, 0) is 9.53 Å². The van der Waals surface area contributed by atoms with E-state index in [0.29, 0.717) is 6.54 Å². The van der Waals surface area contributed by atoms with Gasteiger partial charge in [-0.05, 0) is 19.3 Å². The maximum atomic E-state index is 12.8. The Bertz CT molecular complexity index is 785. The number of hydrogen-bond donors (Lipinski definition) is 2. The first-order chi connectivity index (χ1) is 13.8. The zero-order valence-electron chi connectivity index (χ0n) is 18.6. The highest BCUT2D eigenvalue weighted by Crippen LogP contribution is 2.35. The Morgan fingerprint density at radius 1 is 1.07 bits per heavy atom. The molecule has 2 N–H and O–H groups in total. The molecule has 0 aliphatic heterocycles. The quantitative estimate of drug-likeness (QED) is 0.334. The van der Waals surface area contributed by atoms with Gasteiger partial charge in [-0.2, -0.15) is 0 Å². The molecule has 30 heavy (non-hydrogen) atoms. The van der Waals surface area contributed by atoms with E-state index < -0.39 is 28.0 Å². The molecule has 0 bridgehead atoms. The summed E-state index contributed by atoms with van der Waals surface area (Å²) in [6, 6.07) is 2.34. The van der Waals surface area contributed by atoms with Crippen LogP contribution in [0.1, 0.15) is 45.0 Å². The van der Waals surface area contributed by atoms with E-state index in [1.165, 1.54) is 34.1 Å². The largest absolute Gasteiger partial charge is 0.493 e. The molecule has 0 heterocycles. The Morgan fingerprint density at radius 3 is 2.20 bits per heavy atom. The second kappa shape index (κ2) is 10.2. The summed E-state index contributed by atoms with van der Waals surface area (Å²) in [6.07, 6.45) is 0. The summed E-state index contributed by atoms with van der Waals surface area (Å²) in [7, 11) is 2.85. The Balaban J connectivity index is 3.14. The molecule has 0 aliphatic rings. The van der Waals surface area contributed by atoms with E-state index in [1.54, 1.807) is 0 Å². The highest BCUT2D eigenvalue weighted by atomic mass is 16.6.